The van der Waals surface area contributed by atoms with Crippen molar-refractivity contribution in [2.75, 3.05) is 37.6 Å². The van der Waals surface area contributed by atoms with E-state index >= 15 is 0 Å². The number of hydrogen-bond acceptors (Lipinski definition) is 8. The van der Waals surface area contributed by atoms with Gasteiger partial charge in [0.15, 0.2) is 17.0 Å². The fourth-order valence-corrected chi connectivity index (χ4v) is 5.01. The average molecular weight is 531 g/mol. The molecule has 12 heteroatoms. The summed E-state index contributed by atoms with van der Waals surface area (Å²) in [6.07, 6.45) is 2.18. The number of imide groups is 1. The van der Waals surface area contributed by atoms with E-state index in [0.717, 1.165) is 5.69 Å². The number of carbonyl (C=O) groups excluding carboxylic acids is 3. The maximum absolute atomic E-state index is 12.9. The van der Waals surface area contributed by atoms with Crippen molar-refractivity contribution in [2.45, 2.75) is 12.8 Å². The normalized spacial score (nSPS) is 15.4. The maximum atomic E-state index is 12.9. The van der Waals surface area contributed by atoms with Gasteiger partial charge >= 0.3 is 0 Å². The molecule has 0 spiro atoms. The average Bonchev–Trinajstić information content (AvgIpc) is 3.49. The van der Waals surface area contributed by atoms with Crippen molar-refractivity contribution in [2.24, 2.45) is 0 Å². The highest BCUT2D eigenvalue weighted by atomic mass is 35.5. The molecule has 0 N–H and O–H groups in total. The Morgan fingerprint density at radius 1 is 0.895 bits per heavy atom. The van der Waals surface area contributed by atoms with E-state index in [-0.39, 0.29) is 30.7 Å². The molecular weight excluding hydrogens is 508 g/mol. The molecule has 0 saturated carbocycles. The molecule has 11 nitrogen and oxygen atoms in total. The third-order valence-corrected chi connectivity index (χ3v) is 7.12. The van der Waals surface area contributed by atoms with Gasteiger partial charge in [-0.1, -0.05) is 28.9 Å². The maximum Gasteiger partial charge on any atom is 0.261 e. The molecule has 2 aromatic carbocycles. The second-order valence-corrected chi connectivity index (χ2v) is 9.56. The van der Waals surface area contributed by atoms with Gasteiger partial charge in [-0.15, -0.1) is 5.10 Å². The van der Waals surface area contributed by atoms with Crippen molar-refractivity contribution in [1.82, 2.24) is 34.8 Å². The van der Waals surface area contributed by atoms with Gasteiger partial charge in [0, 0.05) is 44.2 Å². The lowest BCUT2D eigenvalue weighted by molar-refractivity contribution is -0.131. The number of hydrogen-bond donors (Lipinski definition) is 0. The predicted molar refractivity (Wildman–Crippen MR) is 139 cm³/mol. The van der Waals surface area contributed by atoms with Crippen LogP contribution in [0.2, 0.25) is 5.02 Å². The van der Waals surface area contributed by atoms with Crippen LogP contribution in [0.1, 0.15) is 33.6 Å². The minimum atomic E-state index is -0.296. The fraction of sp³-hybridized carbons (Fsp3) is 0.269. The van der Waals surface area contributed by atoms with Gasteiger partial charge < -0.3 is 9.80 Å². The van der Waals surface area contributed by atoms with Crippen LogP contribution >= 0.6 is 11.6 Å². The van der Waals surface area contributed by atoms with Gasteiger partial charge in [0.05, 0.1) is 16.8 Å². The molecule has 38 heavy (non-hydrogen) atoms. The quantitative estimate of drug-likeness (QED) is 0.349. The monoisotopic (exact) mass is 530 g/mol. The van der Waals surface area contributed by atoms with Crippen LogP contribution in [0.25, 0.3) is 16.9 Å². The third kappa shape index (κ3) is 4.24. The van der Waals surface area contributed by atoms with Crippen LogP contribution in [0.3, 0.4) is 0 Å². The minimum Gasteiger partial charge on any atom is -0.351 e. The molecule has 4 aromatic rings. The number of halogens is 1. The lowest BCUT2D eigenvalue weighted by atomic mass is 10.1. The molecule has 0 unspecified atom stereocenters. The summed E-state index contributed by atoms with van der Waals surface area (Å²) in [5, 5.41) is 9.22. The molecule has 192 valence electrons. The summed E-state index contributed by atoms with van der Waals surface area (Å²) in [6, 6.07) is 14.0. The number of fused-ring (bicyclic) bond motifs is 2. The first-order valence-corrected chi connectivity index (χ1v) is 12.7. The zero-order valence-electron chi connectivity index (χ0n) is 20.3. The molecule has 2 aliphatic heterocycles. The summed E-state index contributed by atoms with van der Waals surface area (Å²) >= 11 is 6.00. The highest BCUT2D eigenvalue weighted by Gasteiger charge is 2.34. The lowest BCUT2D eigenvalue weighted by Gasteiger charge is -2.35. The van der Waals surface area contributed by atoms with E-state index in [2.05, 4.69) is 25.2 Å². The van der Waals surface area contributed by atoms with Crippen LogP contribution < -0.4 is 4.90 Å². The Hall–Kier alpha value is -4.38. The van der Waals surface area contributed by atoms with Crippen LogP contribution in [0, 0.1) is 0 Å². The van der Waals surface area contributed by atoms with Crippen molar-refractivity contribution >= 4 is 46.3 Å². The summed E-state index contributed by atoms with van der Waals surface area (Å²) in [5.74, 6) is 0.0855. The van der Waals surface area contributed by atoms with E-state index in [1.807, 2.05) is 17.0 Å². The molecule has 0 radical (unpaired) electrons. The van der Waals surface area contributed by atoms with Crippen molar-refractivity contribution in [3.05, 3.63) is 71.0 Å². The van der Waals surface area contributed by atoms with Gasteiger partial charge in [-0.05, 0) is 42.8 Å². The van der Waals surface area contributed by atoms with Crippen LogP contribution in [0.15, 0.2) is 54.9 Å². The van der Waals surface area contributed by atoms with Gasteiger partial charge in [-0.2, -0.15) is 4.68 Å². The lowest BCUT2D eigenvalue weighted by Crippen LogP contribution is -2.49. The second kappa shape index (κ2) is 9.82. The van der Waals surface area contributed by atoms with E-state index in [1.54, 1.807) is 41.1 Å². The zero-order chi connectivity index (χ0) is 26.2. The summed E-state index contributed by atoms with van der Waals surface area (Å²) in [6.45, 7) is 2.46. The standard InChI is InChI=1S/C26H23ClN8O3/c27-17-7-9-18(10-8-17)35-24-22(30-31-35)23(28-16-29-24)33-14-12-32(13-15-33)21(36)6-3-11-34-25(37)19-4-1-2-5-20(19)26(34)38/h1-2,4-5,7-10,16H,3,6,11-15H2. The Morgan fingerprint density at radius 3 is 2.26 bits per heavy atom. The van der Waals surface area contributed by atoms with Crippen LogP contribution in [0.4, 0.5) is 5.82 Å². The number of anilines is 1. The van der Waals surface area contributed by atoms with E-state index in [1.165, 1.54) is 11.2 Å². The Balaban J connectivity index is 1.06. The van der Waals surface area contributed by atoms with E-state index in [9.17, 15) is 14.4 Å². The zero-order valence-corrected chi connectivity index (χ0v) is 21.1. The molecule has 4 heterocycles. The first-order chi connectivity index (χ1) is 18.5. The minimum absolute atomic E-state index is 0.00257. The van der Waals surface area contributed by atoms with Gasteiger partial charge in [0.1, 0.15) is 6.33 Å². The van der Waals surface area contributed by atoms with Gasteiger partial charge in [0.25, 0.3) is 11.8 Å². The van der Waals surface area contributed by atoms with Crippen molar-refractivity contribution in [3.8, 4) is 5.69 Å². The van der Waals surface area contributed by atoms with Crippen molar-refractivity contribution in [1.29, 1.82) is 0 Å². The van der Waals surface area contributed by atoms with Crippen molar-refractivity contribution in [3.63, 3.8) is 0 Å². The highest BCUT2D eigenvalue weighted by Crippen LogP contribution is 2.25. The number of amides is 3. The van der Waals surface area contributed by atoms with Crippen molar-refractivity contribution < 1.29 is 14.4 Å². The summed E-state index contributed by atoms with van der Waals surface area (Å²) in [7, 11) is 0. The molecule has 6 rings (SSSR count). The number of rotatable bonds is 6. The summed E-state index contributed by atoms with van der Waals surface area (Å²) in [5.41, 5.74) is 2.81. The van der Waals surface area contributed by atoms with Crippen LogP contribution in [0.5, 0.6) is 0 Å². The summed E-state index contributed by atoms with van der Waals surface area (Å²) < 4.78 is 1.64. The summed E-state index contributed by atoms with van der Waals surface area (Å²) in [4.78, 5) is 51.8. The number of benzene rings is 2. The van der Waals surface area contributed by atoms with E-state index in [4.69, 9.17) is 11.6 Å². The van der Waals surface area contributed by atoms with E-state index < -0.39 is 0 Å². The molecule has 3 amide bonds. The Morgan fingerprint density at radius 2 is 1.58 bits per heavy atom. The number of carbonyl (C=O) groups is 3. The number of nitrogens with zero attached hydrogens (tertiary/aromatic N) is 8. The fourth-order valence-electron chi connectivity index (χ4n) is 4.88. The molecule has 2 aliphatic rings. The molecule has 0 aliphatic carbocycles. The molecule has 2 aromatic heterocycles. The molecule has 0 bridgehead atoms. The first-order valence-electron chi connectivity index (χ1n) is 12.3. The number of piperazine rings is 1. The molecule has 1 saturated heterocycles. The highest BCUT2D eigenvalue weighted by molar-refractivity contribution is 6.30. The predicted octanol–water partition coefficient (Wildman–Crippen LogP) is 2.59. The smallest absolute Gasteiger partial charge is 0.261 e. The Bertz CT molecular complexity index is 1510. The SMILES string of the molecule is O=C(CCCN1C(=O)c2ccccc2C1=O)N1CCN(c2ncnc3c2nnn3-c2ccc(Cl)cc2)CC1. The molecule has 0 atom stereocenters. The molecule has 1 fully saturated rings. The molecular formula is C26H23ClN8O3. The van der Waals surface area contributed by atoms with Gasteiger partial charge in [0.2, 0.25) is 5.91 Å². The van der Waals surface area contributed by atoms with Gasteiger partial charge in [-0.25, -0.2) is 9.97 Å². The van der Waals surface area contributed by atoms with E-state index in [0.29, 0.717) is 65.7 Å². The largest absolute Gasteiger partial charge is 0.351 e. The number of aromatic nitrogens is 5. The Kier molecular flexibility index (Phi) is 6.20. The third-order valence-electron chi connectivity index (χ3n) is 6.87. The second-order valence-electron chi connectivity index (χ2n) is 9.13. The topological polar surface area (TPSA) is 117 Å². The van der Waals surface area contributed by atoms with Crippen LogP contribution in [-0.4, -0.2) is 85.2 Å². The Labute approximate surface area is 222 Å². The van der Waals surface area contributed by atoms with Crippen LogP contribution in [-0.2, 0) is 4.79 Å². The van der Waals surface area contributed by atoms with Gasteiger partial charge in [-0.3, -0.25) is 19.3 Å². The first kappa shape index (κ1) is 24.0.